The zero-order valence-corrected chi connectivity index (χ0v) is 15.2. The first-order valence-corrected chi connectivity index (χ1v) is 9.72. The number of aromatic nitrogens is 3. The third kappa shape index (κ3) is 3.80. The van der Waals surface area contributed by atoms with Gasteiger partial charge in [0, 0.05) is 25.7 Å². The topological polar surface area (TPSA) is 54.3 Å². The Hall–Kier alpha value is -2.21. The number of hydrogen-bond acceptors (Lipinski definition) is 4. The maximum atomic E-state index is 13.2. The second-order valence-electron chi connectivity index (χ2n) is 7.43. The van der Waals surface area contributed by atoms with Gasteiger partial charge in [-0.3, -0.25) is 9.69 Å². The molecule has 0 saturated carbocycles. The summed E-state index contributed by atoms with van der Waals surface area (Å²) in [5.74, 6) is 0.322. The van der Waals surface area contributed by atoms with Gasteiger partial charge in [-0.15, -0.1) is 10.2 Å². The summed E-state index contributed by atoms with van der Waals surface area (Å²) in [7, 11) is 0. The van der Waals surface area contributed by atoms with Crippen LogP contribution < -0.4 is 0 Å². The molecule has 0 radical (unpaired) electrons. The Bertz CT molecular complexity index is 694. The van der Waals surface area contributed by atoms with E-state index in [9.17, 15) is 4.79 Å². The van der Waals surface area contributed by atoms with E-state index in [0.717, 1.165) is 51.9 Å². The van der Waals surface area contributed by atoms with Crippen molar-refractivity contribution in [3.05, 3.63) is 48.5 Å². The molecule has 0 unspecified atom stereocenters. The van der Waals surface area contributed by atoms with Crippen LogP contribution in [0, 0.1) is 0 Å². The molecule has 1 aromatic carbocycles. The Kier molecular flexibility index (Phi) is 5.29. The van der Waals surface area contributed by atoms with E-state index in [2.05, 4.69) is 48.8 Å². The summed E-state index contributed by atoms with van der Waals surface area (Å²) >= 11 is 0. The molecule has 1 atom stereocenters. The van der Waals surface area contributed by atoms with Crippen LogP contribution in [0.25, 0.3) is 0 Å². The minimum absolute atomic E-state index is 0.0374. The van der Waals surface area contributed by atoms with Crippen molar-refractivity contribution in [1.82, 2.24) is 24.6 Å². The van der Waals surface area contributed by atoms with E-state index in [1.807, 2.05) is 6.07 Å². The van der Waals surface area contributed by atoms with Gasteiger partial charge in [0.1, 0.15) is 12.7 Å². The molecule has 2 aliphatic heterocycles. The van der Waals surface area contributed by atoms with Crippen LogP contribution in [0.5, 0.6) is 0 Å². The summed E-state index contributed by atoms with van der Waals surface area (Å²) in [5, 5.41) is 7.80. The molecule has 0 aliphatic carbocycles. The lowest BCUT2D eigenvalue weighted by Crippen LogP contribution is -2.52. The average Bonchev–Trinajstić information content (AvgIpc) is 3.24. The number of amides is 1. The molecule has 0 bridgehead atoms. The maximum Gasteiger partial charge on any atom is 0.239 e. The van der Waals surface area contributed by atoms with Gasteiger partial charge in [-0.1, -0.05) is 36.8 Å². The van der Waals surface area contributed by atoms with Crippen LogP contribution in [-0.2, 0) is 11.3 Å². The van der Waals surface area contributed by atoms with Crippen molar-refractivity contribution in [2.45, 2.75) is 50.7 Å². The first-order valence-electron chi connectivity index (χ1n) is 9.72. The fourth-order valence-corrected chi connectivity index (χ4v) is 4.27. The van der Waals surface area contributed by atoms with Gasteiger partial charge in [-0.2, -0.15) is 0 Å². The Morgan fingerprint density at radius 3 is 2.42 bits per heavy atom. The number of piperidine rings is 2. The molecule has 2 aromatic rings. The molecule has 2 fully saturated rings. The Labute approximate surface area is 154 Å². The van der Waals surface area contributed by atoms with Crippen LogP contribution in [-0.4, -0.2) is 56.1 Å². The van der Waals surface area contributed by atoms with Crippen LogP contribution in [0.3, 0.4) is 0 Å². The molecule has 2 saturated heterocycles. The SMILES string of the molecule is O=C([C@@H]1CCCCN1Cc1ccccc1)N1CCC(n2cnnc2)CC1. The number of likely N-dealkylation sites (tertiary alicyclic amines) is 2. The predicted octanol–water partition coefficient (Wildman–Crippen LogP) is 2.50. The number of hydrogen-bond donors (Lipinski definition) is 0. The third-order valence-electron chi connectivity index (χ3n) is 5.76. The van der Waals surface area contributed by atoms with Crippen molar-refractivity contribution in [3.8, 4) is 0 Å². The molecule has 2 aliphatic rings. The summed E-state index contributed by atoms with van der Waals surface area (Å²) in [5.41, 5.74) is 1.29. The van der Waals surface area contributed by atoms with Gasteiger partial charge >= 0.3 is 0 Å². The van der Waals surface area contributed by atoms with E-state index in [1.165, 1.54) is 12.0 Å². The van der Waals surface area contributed by atoms with Crippen molar-refractivity contribution in [2.75, 3.05) is 19.6 Å². The minimum atomic E-state index is 0.0374. The van der Waals surface area contributed by atoms with Crippen LogP contribution in [0.15, 0.2) is 43.0 Å². The maximum absolute atomic E-state index is 13.2. The van der Waals surface area contributed by atoms with Gasteiger partial charge in [0.05, 0.1) is 6.04 Å². The molecular weight excluding hydrogens is 326 g/mol. The lowest BCUT2D eigenvalue weighted by atomic mass is 9.98. The first kappa shape index (κ1) is 17.2. The van der Waals surface area contributed by atoms with Gasteiger partial charge in [0.2, 0.25) is 5.91 Å². The van der Waals surface area contributed by atoms with Crippen LogP contribution in [0.4, 0.5) is 0 Å². The van der Waals surface area contributed by atoms with E-state index >= 15 is 0 Å². The molecule has 26 heavy (non-hydrogen) atoms. The molecule has 6 nitrogen and oxygen atoms in total. The van der Waals surface area contributed by atoms with Gasteiger partial charge in [-0.25, -0.2) is 0 Å². The van der Waals surface area contributed by atoms with Crippen molar-refractivity contribution in [1.29, 1.82) is 0 Å². The lowest BCUT2D eigenvalue weighted by molar-refractivity contribution is -0.140. The van der Waals surface area contributed by atoms with Crippen LogP contribution in [0.2, 0.25) is 0 Å². The molecule has 6 heteroatoms. The number of benzene rings is 1. The molecule has 0 spiro atoms. The highest BCUT2D eigenvalue weighted by Gasteiger charge is 2.33. The molecule has 1 amide bonds. The van der Waals surface area contributed by atoms with E-state index in [-0.39, 0.29) is 6.04 Å². The second kappa shape index (κ2) is 7.99. The molecule has 4 rings (SSSR count). The summed E-state index contributed by atoms with van der Waals surface area (Å²) in [6, 6.07) is 11.0. The smallest absolute Gasteiger partial charge is 0.239 e. The van der Waals surface area contributed by atoms with E-state index in [4.69, 9.17) is 0 Å². The van der Waals surface area contributed by atoms with E-state index in [0.29, 0.717) is 11.9 Å². The Balaban J connectivity index is 1.38. The summed E-state index contributed by atoms with van der Waals surface area (Å²) in [6.45, 7) is 3.55. The van der Waals surface area contributed by atoms with Crippen LogP contribution in [0.1, 0.15) is 43.7 Å². The predicted molar refractivity (Wildman–Crippen MR) is 99.4 cm³/mol. The normalized spacial score (nSPS) is 22.5. The monoisotopic (exact) mass is 353 g/mol. The van der Waals surface area contributed by atoms with Crippen molar-refractivity contribution in [2.24, 2.45) is 0 Å². The Morgan fingerprint density at radius 2 is 1.69 bits per heavy atom. The zero-order valence-electron chi connectivity index (χ0n) is 15.2. The average molecular weight is 353 g/mol. The highest BCUT2D eigenvalue weighted by molar-refractivity contribution is 5.82. The molecular formula is C20H27N5O. The highest BCUT2D eigenvalue weighted by Crippen LogP contribution is 2.26. The molecule has 3 heterocycles. The first-order chi connectivity index (χ1) is 12.8. The largest absolute Gasteiger partial charge is 0.341 e. The lowest BCUT2D eigenvalue weighted by Gasteiger charge is -2.40. The van der Waals surface area contributed by atoms with Crippen molar-refractivity contribution < 1.29 is 4.79 Å². The third-order valence-corrected chi connectivity index (χ3v) is 5.76. The van der Waals surface area contributed by atoms with Crippen molar-refractivity contribution in [3.63, 3.8) is 0 Å². The van der Waals surface area contributed by atoms with Gasteiger partial charge in [-0.05, 0) is 37.8 Å². The van der Waals surface area contributed by atoms with Gasteiger partial charge in [0.25, 0.3) is 0 Å². The number of rotatable bonds is 4. The molecule has 1 aromatic heterocycles. The fourth-order valence-electron chi connectivity index (χ4n) is 4.27. The minimum Gasteiger partial charge on any atom is -0.341 e. The van der Waals surface area contributed by atoms with Crippen LogP contribution >= 0.6 is 0 Å². The fraction of sp³-hybridized carbons (Fsp3) is 0.550. The number of carbonyl (C=O) groups is 1. The standard InChI is InChI=1S/C20H27N5O/c26-20(23-12-9-18(10-13-23)25-15-21-22-16-25)19-8-4-5-11-24(19)14-17-6-2-1-3-7-17/h1-3,6-7,15-16,18-19H,4-5,8-14H2/t19-/m0/s1. The summed E-state index contributed by atoms with van der Waals surface area (Å²) in [4.78, 5) is 17.7. The van der Waals surface area contributed by atoms with E-state index in [1.54, 1.807) is 12.7 Å². The zero-order chi connectivity index (χ0) is 17.8. The Morgan fingerprint density at radius 1 is 0.962 bits per heavy atom. The van der Waals surface area contributed by atoms with Crippen molar-refractivity contribution >= 4 is 5.91 Å². The highest BCUT2D eigenvalue weighted by atomic mass is 16.2. The molecule has 0 N–H and O–H groups in total. The summed E-state index contributed by atoms with van der Waals surface area (Å²) < 4.78 is 2.07. The second-order valence-corrected chi connectivity index (χ2v) is 7.43. The van der Waals surface area contributed by atoms with E-state index < -0.39 is 0 Å². The quantitative estimate of drug-likeness (QED) is 0.847. The number of nitrogens with zero attached hydrogens (tertiary/aromatic N) is 5. The van der Waals surface area contributed by atoms with Gasteiger partial charge < -0.3 is 9.47 Å². The van der Waals surface area contributed by atoms with Gasteiger partial charge in [0.15, 0.2) is 0 Å². The molecule has 138 valence electrons. The number of carbonyl (C=O) groups excluding carboxylic acids is 1. The summed E-state index contributed by atoms with van der Waals surface area (Å²) in [6.07, 6.45) is 8.85.